The van der Waals surface area contributed by atoms with E-state index in [2.05, 4.69) is 6.92 Å². The molecule has 0 radical (unpaired) electrons. The number of Topliss-reactive ketones (excluding diaryl/α,β-unsaturated/α-hetero) is 2. The number of fused-ring (bicyclic) bond motifs is 3. The molecule has 0 spiro atoms. The minimum atomic E-state index is -0.240. The maximum atomic E-state index is 12.3. The van der Waals surface area contributed by atoms with Crippen LogP contribution in [-0.2, 0) is 9.59 Å². The highest BCUT2D eigenvalue weighted by atomic mass is 35.5. The largest absolute Gasteiger partial charge is 0.300 e. The second kappa shape index (κ2) is 5.12. The molecular formula is C22H31ClO2. The van der Waals surface area contributed by atoms with E-state index in [0.29, 0.717) is 35.7 Å². The molecule has 8 atom stereocenters. The van der Waals surface area contributed by atoms with Crippen molar-refractivity contribution in [2.24, 2.45) is 40.4 Å². The number of alkyl halides is 1. The molecule has 5 aliphatic rings. The summed E-state index contributed by atoms with van der Waals surface area (Å²) in [5.41, 5.74) is 0.436. The molecule has 0 amide bonds. The summed E-state index contributed by atoms with van der Waals surface area (Å²) in [5, 5.41) is 0. The zero-order valence-corrected chi connectivity index (χ0v) is 16.4. The zero-order valence-electron chi connectivity index (χ0n) is 15.7. The molecule has 5 rings (SSSR count). The number of rotatable bonds is 1. The maximum Gasteiger partial charge on any atom is 0.134 e. The van der Waals surface area contributed by atoms with Gasteiger partial charge in [0.15, 0.2) is 0 Å². The number of halogens is 1. The van der Waals surface area contributed by atoms with Crippen molar-refractivity contribution in [3.63, 3.8) is 0 Å². The third-order valence-electron chi connectivity index (χ3n) is 9.91. The van der Waals surface area contributed by atoms with Crippen molar-refractivity contribution in [1.82, 2.24) is 0 Å². The Labute approximate surface area is 156 Å². The van der Waals surface area contributed by atoms with E-state index < -0.39 is 0 Å². The van der Waals surface area contributed by atoms with Gasteiger partial charge in [0.2, 0.25) is 0 Å². The lowest BCUT2D eigenvalue weighted by molar-refractivity contribution is -0.140. The first kappa shape index (κ1) is 16.8. The van der Waals surface area contributed by atoms with E-state index in [0.717, 1.165) is 25.2 Å². The van der Waals surface area contributed by atoms with Gasteiger partial charge in [-0.3, -0.25) is 9.59 Å². The van der Waals surface area contributed by atoms with Gasteiger partial charge in [0.1, 0.15) is 11.6 Å². The molecule has 5 aliphatic carbocycles. The predicted octanol–water partition coefficient (Wildman–Crippen LogP) is 5.16. The van der Waals surface area contributed by atoms with Gasteiger partial charge in [-0.15, -0.1) is 11.6 Å². The number of ketones is 2. The molecule has 0 unspecified atom stereocenters. The quantitative estimate of drug-likeness (QED) is 0.603. The van der Waals surface area contributed by atoms with Crippen molar-refractivity contribution in [3.8, 4) is 0 Å². The van der Waals surface area contributed by atoms with E-state index >= 15 is 0 Å². The maximum absolute atomic E-state index is 12.3. The second-order valence-corrected chi connectivity index (χ2v) is 11.0. The van der Waals surface area contributed by atoms with Crippen LogP contribution in [0.2, 0.25) is 0 Å². The van der Waals surface area contributed by atoms with Crippen LogP contribution in [0.15, 0.2) is 0 Å². The molecule has 0 aromatic rings. The third-order valence-corrected chi connectivity index (χ3v) is 10.7. The fourth-order valence-corrected chi connectivity index (χ4v) is 9.62. The summed E-state index contributed by atoms with van der Waals surface area (Å²) < 4.78 is 0. The summed E-state index contributed by atoms with van der Waals surface area (Å²) in [6.45, 7) is 4.23. The van der Waals surface area contributed by atoms with Crippen molar-refractivity contribution >= 4 is 23.2 Å². The highest BCUT2D eigenvalue weighted by Gasteiger charge is 2.71. The van der Waals surface area contributed by atoms with Gasteiger partial charge in [-0.25, -0.2) is 0 Å². The lowest BCUT2D eigenvalue weighted by Crippen LogP contribution is -2.61. The highest BCUT2D eigenvalue weighted by molar-refractivity contribution is 6.26. The topological polar surface area (TPSA) is 34.1 Å². The van der Waals surface area contributed by atoms with Crippen molar-refractivity contribution < 1.29 is 9.59 Å². The highest BCUT2D eigenvalue weighted by Crippen LogP contribution is 2.75. The van der Waals surface area contributed by atoms with Gasteiger partial charge < -0.3 is 0 Å². The van der Waals surface area contributed by atoms with Crippen LogP contribution in [0.5, 0.6) is 0 Å². The molecule has 0 aromatic heterocycles. The molecule has 2 bridgehead atoms. The average Bonchev–Trinajstić information content (AvgIpc) is 2.97. The molecule has 25 heavy (non-hydrogen) atoms. The fourth-order valence-electron chi connectivity index (χ4n) is 8.95. The lowest BCUT2D eigenvalue weighted by atomic mass is 9.44. The van der Waals surface area contributed by atoms with E-state index in [4.69, 9.17) is 11.6 Å². The number of hydrogen-bond donors (Lipinski definition) is 0. The van der Waals surface area contributed by atoms with Crippen molar-refractivity contribution in [2.75, 3.05) is 0 Å². The molecule has 0 N–H and O–H groups in total. The van der Waals surface area contributed by atoms with Gasteiger partial charge in [0.25, 0.3) is 0 Å². The van der Waals surface area contributed by atoms with E-state index in [9.17, 15) is 9.59 Å². The molecule has 0 heterocycles. The number of carbonyl (C=O) groups is 2. The minimum Gasteiger partial charge on any atom is -0.300 e. The van der Waals surface area contributed by atoms with Gasteiger partial charge >= 0.3 is 0 Å². The van der Waals surface area contributed by atoms with E-state index in [1.165, 1.54) is 38.5 Å². The molecule has 5 fully saturated rings. The second-order valence-electron chi connectivity index (χ2n) is 10.4. The lowest BCUT2D eigenvalue weighted by Gasteiger charge is -2.63. The summed E-state index contributed by atoms with van der Waals surface area (Å²) in [6.07, 6.45) is 10.9. The first-order valence-electron chi connectivity index (χ1n) is 10.5. The summed E-state index contributed by atoms with van der Waals surface area (Å²) >= 11 is 7.33. The Balaban J connectivity index is 1.53. The van der Waals surface area contributed by atoms with Crippen LogP contribution in [0, 0.1) is 40.4 Å². The van der Waals surface area contributed by atoms with Crippen LogP contribution >= 0.6 is 11.6 Å². The Morgan fingerprint density at radius 2 is 1.88 bits per heavy atom. The van der Waals surface area contributed by atoms with E-state index in [1.807, 2.05) is 6.92 Å². The Morgan fingerprint density at radius 3 is 2.64 bits per heavy atom. The smallest absolute Gasteiger partial charge is 0.134 e. The molecule has 3 heteroatoms. The van der Waals surface area contributed by atoms with Gasteiger partial charge in [-0.1, -0.05) is 6.92 Å². The Kier molecular flexibility index (Phi) is 3.43. The molecule has 2 nitrogen and oxygen atoms in total. The summed E-state index contributed by atoms with van der Waals surface area (Å²) in [7, 11) is 0. The van der Waals surface area contributed by atoms with Crippen molar-refractivity contribution in [1.29, 1.82) is 0 Å². The molecule has 138 valence electrons. The first-order chi connectivity index (χ1) is 11.8. The zero-order chi connectivity index (χ0) is 17.6. The van der Waals surface area contributed by atoms with Crippen LogP contribution < -0.4 is 0 Å². The summed E-state index contributed by atoms with van der Waals surface area (Å²) in [4.78, 5) is 24.3. The Morgan fingerprint density at radius 1 is 1.08 bits per heavy atom. The van der Waals surface area contributed by atoms with E-state index in [1.54, 1.807) is 0 Å². The van der Waals surface area contributed by atoms with Gasteiger partial charge in [0.05, 0.1) is 4.87 Å². The monoisotopic (exact) mass is 362 g/mol. The van der Waals surface area contributed by atoms with Gasteiger partial charge in [-0.05, 0) is 92.8 Å². The van der Waals surface area contributed by atoms with Crippen LogP contribution in [0.25, 0.3) is 0 Å². The Hall–Kier alpha value is -0.370. The standard InChI is InChI=1S/C22H31ClO2/c1-13(24)17-3-4-18-16-11-14-5-9-21(19(16)7-8-20(17,18)2)10-6-15(25)12-22(14,21)23/h14,16-19H,3-12H2,1-2H3/t14-,16+,17-,18+,19+,20-,21-,22+/m1/s1. The molecule has 0 aliphatic heterocycles. The third kappa shape index (κ3) is 1.88. The molecule has 5 saturated carbocycles. The van der Waals surface area contributed by atoms with Gasteiger partial charge in [0, 0.05) is 18.8 Å². The first-order valence-corrected chi connectivity index (χ1v) is 10.9. The SMILES string of the molecule is CC(=O)[C@H]1CC[C@H]2[C@@H]3C[C@H]4CC[C@@]5(CCC(=O)C[C@]45Cl)[C@H]3CC[C@]12C. The van der Waals surface area contributed by atoms with Crippen molar-refractivity contribution in [3.05, 3.63) is 0 Å². The normalized spacial score (nSPS) is 56.9. The van der Waals surface area contributed by atoms with E-state index in [-0.39, 0.29) is 21.6 Å². The van der Waals surface area contributed by atoms with Crippen LogP contribution in [-0.4, -0.2) is 16.4 Å². The predicted molar refractivity (Wildman–Crippen MR) is 98.4 cm³/mol. The van der Waals surface area contributed by atoms with Crippen LogP contribution in [0.3, 0.4) is 0 Å². The average molecular weight is 363 g/mol. The summed E-state index contributed by atoms with van der Waals surface area (Å²) in [6, 6.07) is 0. The minimum absolute atomic E-state index is 0.214. The molecule has 0 saturated heterocycles. The van der Waals surface area contributed by atoms with Gasteiger partial charge in [-0.2, -0.15) is 0 Å². The summed E-state index contributed by atoms with van der Waals surface area (Å²) in [5.74, 6) is 3.76. The Bertz CT molecular complexity index is 644. The molecular weight excluding hydrogens is 332 g/mol. The van der Waals surface area contributed by atoms with Crippen LogP contribution in [0.4, 0.5) is 0 Å². The van der Waals surface area contributed by atoms with Crippen molar-refractivity contribution in [2.45, 2.75) is 82.9 Å². The van der Waals surface area contributed by atoms with Crippen LogP contribution in [0.1, 0.15) is 78.1 Å². The molecule has 0 aromatic carbocycles. The number of carbonyl (C=O) groups excluding carboxylic acids is 2. The number of hydrogen-bond acceptors (Lipinski definition) is 2. The fraction of sp³-hybridized carbons (Fsp3) is 0.909.